The van der Waals surface area contributed by atoms with Crippen molar-refractivity contribution in [3.05, 3.63) is 64.3 Å². The second-order valence-corrected chi connectivity index (χ2v) is 6.75. The molecule has 4 aromatic rings. The fourth-order valence-corrected chi connectivity index (χ4v) is 3.74. The predicted octanol–water partition coefficient (Wildman–Crippen LogP) is 4.27. The molecule has 5 rings (SSSR count). The molecule has 0 unspecified atom stereocenters. The van der Waals surface area contributed by atoms with E-state index >= 15 is 0 Å². The van der Waals surface area contributed by atoms with Crippen LogP contribution >= 0.6 is 0 Å². The van der Waals surface area contributed by atoms with Gasteiger partial charge >= 0.3 is 0 Å². The van der Waals surface area contributed by atoms with Crippen LogP contribution in [-0.2, 0) is 0 Å². The van der Waals surface area contributed by atoms with E-state index in [-0.39, 0.29) is 23.0 Å². The van der Waals surface area contributed by atoms with Gasteiger partial charge in [0.05, 0.1) is 5.52 Å². The van der Waals surface area contributed by atoms with Crippen molar-refractivity contribution in [2.24, 2.45) is 0 Å². The van der Waals surface area contributed by atoms with Gasteiger partial charge in [-0.2, -0.15) is 0 Å². The standard InChI is InChI=1S/C21H16N2O3/c1-12-15(13-5-3-2-4-6-13)9-10-16-19(12)23(14-7-8-14)21(25)18-20(16)26-17(11-24)22-18/h2-6,9-11,14H,7-8H2,1H3. The molecule has 0 bridgehead atoms. The molecule has 0 spiro atoms. The van der Waals surface area contributed by atoms with Crippen molar-refractivity contribution in [1.29, 1.82) is 0 Å². The van der Waals surface area contributed by atoms with Gasteiger partial charge < -0.3 is 8.98 Å². The normalized spacial score (nSPS) is 14.2. The topological polar surface area (TPSA) is 65.1 Å². The van der Waals surface area contributed by atoms with Crippen LogP contribution in [0, 0.1) is 6.92 Å². The zero-order valence-corrected chi connectivity index (χ0v) is 14.2. The van der Waals surface area contributed by atoms with E-state index in [0.717, 1.165) is 40.4 Å². The van der Waals surface area contributed by atoms with Gasteiger partial charge in [-0.3, -0.25) is 9.59 Å². The Morgan fingerprint density at radius 2 is 1.92 bits per heavy atom. The van der Waals surface area contributed by atoms with Gasteiger partial charge in [0.1, 0.15) is 0 Å². The Hall–Kier alpha value is -3.21. The molecule has 2 aromatic carbocycles. The van der Waals surface area contributed by atoms with Gasteiger partial charge in [-0.25, -0.2) is 4.98 Å². The van der Waals surface area contributed by atoms with E-state index in [2.05, 4.69) is 17.1 Å². The average molecular weight is 344 g/mol. The summed E-state index contributed by atoms with van der Waals surface area (Å²) in [5.41, 5.74) is 4.54. The van der Waals surface area contributed by atoms with E-state index in [1.807, 2.05) is 41.8 Å². The maximum atomic E-state index is 13.1. The number of carbonyl (C=O) groups is 1. The molecular weight excluding hydrogens is 328 g/mol. The Morgan fingerprint density at radius 3 is 2.62 bits per heavy atom. The van der Waals surface area contributed by atoms with Gasteiger partial charge in [-0.05, 0) is 42.5 Å². The summed E-state index contributed by atoms with van der Waals surface area (Å²) in [6.07, 6.45) is 2.50. The van der Waals surface area contributed by atoms with Crippen molar-refractivity contribution >= 4 is 28.3 Å². The van der Waals surface area contributed by atoms with Crippen LogP contribution in [0.25, 0.3) is 33.1 Å². The van der Waals surface area contributed by atoms with Crippen LogP contribution in [0.1, 0.15) is 35.1 Å². The molecule has 1 fully saturated rings. The SMILES string of the molecule is Cc1c(-c2ccccc2)ccc2c3oc(C=O)nc3c(=O)n(C3CC3)c12. The number of pyridine rings is 1. The Kier molecular flexibility index (Phi) is 3.13. The van der Waals surface area contributed by atoms with E-state index in [4.69, 9.17) is 4.42 Å². The first kappa shape index (κ1) is 15.1. The third kappa shape index (κ3) is 2.07. The van der Waals surface area contributed by atoms with Gasteiger partial charge in [-0.15, -0.1) is 0 Å². The largest absolute Gasteiger partial charge is 0.433 e. The third-order valence-electron chi connectivity index (χ3n) is 5.08. The van der Waals surface area contributed by atoms with E-state index in [1.54, 1.807) is 0 Å². The number of hydrogen-bond donors (Lipinski definition) is 0. The predicted molar refractivity (Wildman–Crippen MR) is 99.6 cm³/mol. The lowest BCUT2D eigenvalue weighted by Crippen LogP contribution is -2.20. The van der Waals surface area contributed by atoms with E-state index < -0.39 is 0 Å². The number of aryl methyl sites for hydroxylation is 1. The maximum absolute atomic E-state index is 13.1. The van der Waals surface area contributed by atoms with Crippen LogP contribution in [-0.4, -0.2) is 15.8 Å². The molecule has 2 heterocycles. The van der Waals surface area contributed by atoms with Crippen molar-refractivity contribution in [1.82, 2.24) is 9.55 Å². The summed E-state index contributed by atoms with van der Waals surface area (Å²) in [6.45, 7) is 2.03. The molecule has 128 valence electrons. The number of rotatable bonds is 3. The summed E-state index contributed by atoms with van der Waals surface area (Å²) in [5, 5.41) is 0.823. The molecule has 2 aromatic heterocycles. The molecule has 26 heavy (non-hydrogen) atoms. The van der Waals surface area contributed by atoms with Gasteiger partial charge in [0.15, 0.2) is 11.1 Å². The highest BCUT2D eigenvalue weighted by atomic mass is 16.4. The molecular formula is C21H16N2O3. The maximum Gasteiger partial charge on any atom is 0.281 e. The van der Waals surface area contributed by atoms with Crippen LogP contribution in [0.3, 0.4) is 0 Å². The lowest BCUT2D eigenvalue weighted by Gasteiger charge is -2.15. The van der Waals surface area contributed by atoms with Crippen LogP contribution in [0.5, 0.6) is 0 Å². The van der Waals surface area contributed by atoms with E-state index in [1.165, 1.54) is 0 Å². The summed E-state index contributed by atoms with van der Waals surface area (Å²) >= 11 is 0. The Labute approximate surface area is 148 Å². The smallest absolute Gasteiger partial charge is 0.281 e. The van der Waals surface area contributed by atoms with Crippen molar-refractivity contribution in [3.63, 3.8) is 0 Å². The van der Waals surface area contributed by atoms with Crippen LogP contribution in [0.15, 0.2) is 51.7 Å². The van der Waals surface area contributed by atoms with Gasteiger partial charge in [-0.1, -0.05) is 36.4 Å². The Morgan fingerprint density at radius 1 is 1.15 bits per heavy atom. The minimum absolute atomic E-state index is 0.0586. The molecule has 0 radical (unpaired) electrons. The number of hydrogen-bond acceptors (Lipinski definition) is 4. The minimum Gasteiger partial charge on any atom is -0.433 e. The zero-order valence-electron chi connectivity index (χ0n) is 14.2. The van der Waals surface area contributed by atoms with Crippen molar-refractivity contribution in [3.8, 4) is 11.1 Å². The minimum atomic E-state index is -0.180. The van der Waals surface area contributed by atoms with Gasteiger partial charge in [0.2, 0.25) is 6.29 Å². The monoisotopic (exact) mass is 344 g/mol. The number of fused-ring (bicyclic) bond motifs is 3. The van der Waals surface area contributed by atoms with Crippen molar-refractivity contribution < 1.29 is 9.21 Å². The number of aldehydes is 1. The number of carbonyl (C=O) groups excluding carboxylic acids is 1. The second kappa shape index (κ2) is 5.39. The van der Waals surface area contributed by atoms with E-state index in [9.17, 15) is 9.59 Å². The lowest BCUT2D eigenvalue weighted by molar-refractivity contribution is 0.109. The van der Waals surface area contributed by atoms with Crippen molar-refractivity contribution in [2.45, 2.75) is 25.8 Å². The average Bonchev–Trinajstić information content (AvgIpc) is 3.40. The molecule has 0 atom stereocenters. The highest BCUT2D eigenvalue weighted by Gasteiger charge is 2.30. The fourth-order valence-electron chi connectivity index (χ4n) is 3.74. The molecule has 0 aliphatic heterocycles. The summed E-state index contributed by atoms with van der Waals surface area (Å²) in [5.74, 6) is -0.0586. The number of benzene rings is 2. The van der Waals surface area contributed by atoms with Crippen LogP contribution < -0.4 is 5.56 Å². The number of nitrogens with zero attached hydrogens (tertiary/aromatic N) is 2. The lowest BCUT2D eigenvalue weighted by atomic mass is 9.97. The first-order valence-corrected chi connectivity index (χ1v) is 8.68. The first-order chi connectivity index (χ1) is 12.7. The van der Waals surface area contributed by atoms with Gasteiger partial charge in [0, 0.05) is 11.4 Å². The summed E-state index contributed by atoms with van der Waals surface area (Å²) in [7, 11) is 0. The molecule has 5 heteroatoms. The Bertz CT molecular complexity index is 1230. The van der Waals surface area contributed by atoms with Gasteiger partial charge in [0.25, 0.3) is 11.4 Å². The molecule has 1 saturated carbocycles. The molecule has 0 saturated heterocycles. The summed E-state index contributed by atoms with van der Waals surface area (Å²) in [6, 6.07) is 14.3. The fraction of sp³-hybridized carbons (Fsp3) is 0.190. The second-order valence-electron chi connectivity index (χ2n) is 6.75. The molecule has 5 nitrogen and oxygen atoms in total. The van der Waals surface area contributed by atoms with Crippen LogP contribution in [0.4, 0.5) is 0 Å². The first-order valence-electron chi connectivity index (χ1n) is 8.68. The quantitative estimate of drug-likeness (QED) is 0.521. The highest BCUT2D eigenvalue weighted by molar-refractivity contribution is 6.04. The molecule has 1 aliphatic carbocycles. The number of aromatic nitrogens is 2. The van der Waals surface area contributed by atoms with Crippen LogP contribution in [0.2, 0.25) is 0 Å². The van der Waals surface area contributed by atoms with Crippen molar-refractivity contribution in [2.75, 3.05) is 0 Å². The molecule has 1 aliphatic rings. The highest BCUT2D eigenvalue weighted by Crippen LogP contribution is 2.40. The third-order valence-corrected chi connectivity index (χ3v) is 5.08. The summed E-state index contributed by atoms with van der Waals surface area (Å²) < 4.78 is 7.42. The summed E-state index contributed by atoms with van der Waals surface area (Å²) in [4.78, 5) is 28.3. The molecule has 0 amide bonds. The Balaban J connectivity index is 1.95. The van der Waals surface area contributed by atoms with E-state index in [0.29, 0.717) is 11.9 Å². The molecule has 0 N–H and O–H groups in total. The number of oxazole rings is 1. The zero-order chi connectivity index (χ0) is 17.8.